The molecule has 0 aliphatic rings. The van der Waals surface area contributed by atoms with E-state index in [1.54, 1.807) is 6.08 Å². The molecule has 2 rings (SSSR count). The molecule has 2 aromatic carbocycles. The molecule has 116 valence electrons. The van der Waals surface area contributed by atoms with Gasteiger partial charge >= 0.3 is 5.97 Å². The Kier molecular flexibility index (Phi) is 5.03. The van der Waals surface area contributed by atoms with E-state index < -0.39 is 5.97 Å². The Bertz CT molecular complexity index is 779. The van der Waals surface area contributed by atoms with Gasteiger partial charge in [-0.3, -0.25) is 0 Å². The van der Waals surface area contributed by atoms with E-state index in [0.29, 0.717) is 0 Å². The second-order valence-electron chi connectivity index (χ2n) is 6.37. The molecule has 0 spiro atoms. The van der Waals surface area contributed by atoms with Crippen LogP contribution in [0.25, 0.3) is 6.08 Å². The zero-order chi connectivity index (χ0) is 16.9. The van der Waals surface area contributed by atoms with Crippen molar-refractivity contribution in [3.63, 3.8) is 0 Å². The second-order valence-corrected chi connectivity index (χ2v) is 6.37. The predicted octanol–water partition coefficient (Wildman–Crippen LogP) is 4.48. The van der Waals surface area contributed by atoms with Crippen LogP contribution in [0.1, 0.15) is 43.0 Å². The first-order valence-corrected chi connectivity index (χ1v) is 7.48. The van der Waals surface area contributed by atoms with E-state index in [2.05, 4.69) is 44.7 Å². The average molecular weight is 304 g/mol. The van der Waals surface area contributed by atoms with Crippen molar-refractivity contribution in [2.24, 2.45) is 0 Å². The van der Waals surface area contributed by atoms with E-state index in [4.69, 9.17) is 5.11 Å². The van der Waals surface area contributed by atoms with Crippen LogP contribution in [0.2, 0.25) is 0 Å². The van der Waals surface area contributed by atoms with E-state index in [1.807, 2.05) is 36.4 Å². The van der Waals surface area contributed by atoms with Crippen molar-refractivity contribution >= 4 is 12.0 Å². The van der Waals surface area contributed by atoms with E-state index in [1.165, 1.54) is 5.56 Å². The van der Waals surface area contributed by atoms with Gasteiger partial charge in [0.2, 0.25) is 0 Å². The third-order valence-corrected chi connectivity index (χ3v) is 3.41. The highest BCUT2D eigenvalue weighted by atomic mass is 16.4. The number of aliphatic carboxylic acids is 1. The lowest BCUT2D eigenvalue weighted by Gasteiger charge is -2.18. The molecular formula is C21H20O2. The molecule has 2 nitrogen and oxygen atoms in total. The molecule has 2 heteroatoms. The number of hydrogen-bond donors (Lipinski definition) is 1. The maximum Gasteiger partial charge on any atom is 0.328 e. The Labute approximate surface area is 137 Å². The summed E-state index contributed by atoms with van der Waals surface area (Å²) in [7, 11) is 0. The van der Waals surface area contributed by atoms with E-state index in [-0.39, 0.29) is 5.41 Å². The number of hydrogen-bond acceptors (Lipinski definition) is 1. The van der Waals surface area contributed by atoms with Crippen LogP contribution < -0.4 is 0 Å². The minimum absolute atomic E-state index is 0.107. The van der Waals surface area contributed by atoms with Gasteiger partial charge in [-0.25, -0.2) is 4.79 Å². The van der Waals surface area contributed by atoms with Gasteiger partial charge in [-0.1, -0.05) is 56.9 Å². The maximum absolute atomic E-state index is 10.5. The standard InChI is InChI=1S/C21H20O2/c1-21(2,3)19-6-4-5-18(15-19)12-11-16-7-9-17(10-8-16)13-14-20(22)23/h4-10,13-15H,1-3H3,(H,22,23). The highest BCUT2D eigenvalue weighted by molar-refractivity contribution is 5.85. The number of carbonyl (C=O) groups is 1. The van der Waals surface area contributed by atoms with E-state index in [9.17, 15) is 4.79 Å². The minimum Gasteiger partial charge on any atom is -0.478 e. The monoisotopic (exact) mass is 304 g/mol. The zero-order valence-corrected chi connectivity index (χ0v) is 13.6. The van der Waals surface area contributed by atoms with Crippen LogP contribution >= 0.6 is 0 Å². The van der Waals surface area contributed by atoms with Gasteiger partial charge < -0.3 is 5.11 Å². The smallest absolute Gasteiger partial charge is 0.328 e. The van der Waals surface area contributed by atoms with Crippen LogP contribution in [0.5, 0.6) is 0 Å². The van der Waals surface area contributed by atoms with Crippen LogP contribution in [-0.4, -0.2) is 11.1 Å². The third-order valence-electron chi connectivity index (χ3n) is 3.41. The lowest BCUT2D eigenvalue weighted by atomic mass is 9.86. The second kappa shape index (κ2) is 6.98. The number of benzene rings is 2. The summed E-state index contributed by atoms with van der Waals surface area (Å²) in [5.41, 5.74) is 4.10. The summed E-state index contributed by atoms with van der Waals surface area (Å²) in [6.45, 7) is 6.55. The van der Waals surface area contributed by atoms with Gasteiger partial charge in [-0.15, -0.1) is 0 Å². The van der Waals surface area contributed by atoms with Crippen molar-refractivity contribution < 1.29 is 9.90 Å². The molecule has 0 aliphatic carbocycles. The van der Waals surface area contributed by atoms with Gasteiger partial charge in [0, 0.05) is 17.2 Å². The molecule has 0 saturated carbocycles. The quantitative estimate of drug-likeness (QED) is 0.656. The Hall–Kier alpha value is -2.79. The Morgan fingerprint density at radius 3 is 2.26 bits per heavy atom. The summed E-state index contributed by atoms with van der Waals surface area (Å²) < 4.78 is 0. The van der Waals surface area contributed by atoms with Crippen molar-refractivity contribution in [2.75, 3.05) is 0 Å². The largest absolute Gasteiger partial charge is 0.478 e. The van der Waals surface area contributed by atoms with Gasteiger partial charge in [-0.05, 0) is 46.9 Å². The molecule has 0 bridgehead atoms. The first-order valence-electron chi connectivity index (χ1n) is 7.48. The summed E-state index contributed by atoms with van der Waals surface area (Å²) in [4.78, 5) is 10.5. The number of carboxylic acid groups (broad SMARTS) is 1. The van der Waals surface area contributed by atoms with Crippen LogP contribution in [0.15, 0.2) is 54.6 Å². The normalized spacial score (nSPS) is 11.1. The number of carboxylic acids is 1. The van der Waals surface area contributed by atoms with Crippen molar-refractivity contribution in [1.29, 1.82) is 0 Å². The lowest BCUT2D eigenvalue weighted by Crippen LogP contribution is -2.10. The van der Waals surface area contributed by atoms with Gasteiger partial charge in [0.15, 0.2) is 0 Å². The summed E-state index contributed by atoms with van der Waals surface area (Å²) in [5, 5.41) is 8.61. The molecule has 0 aromatic heterocycles. The fourth-order valence-electron chi connectivity index (χ4n) is 2.05. The SMILES string of the molecule is CC(C)(C)c1cccc(C#Cc2ccc(C=CC(=O)O)cc2)c1. The summed E-state index contributed by atoms with van der Waals surface area (Å²) in [6.07, 6.45) is 2.69. The predicted molar refractivity (Wildman–Crippen MR) is 94.2 cm³/mol. The molecule has 0 saturated heterocycles. The van der Waals surface area contributed by atoms with Crippen molar-refractivity contribution in [1.82, 2.24) is 0 Å². The first kappa shape index (κ1) is 16.6. The average Bonchev–Trinajstić information content (AvgIpc) is 2.51. The first-order chi connectivity index (χ1) is 10.8. The van der Waals surface area contributed by atoms with Crippen LogP contribution in [0, 0.1) is 11.8 Å². The Balaban J connectivity index is 2.18. The molecule has 1 N–H and O–H groups in total. The Morgan fingerprint density at radius 2 is 1.65 bits per heavy atom. The highest BCUT2D eigenvalue weighted by Crippen LogP contribution is 2.22. The summed E-state index contributed by atoms with van der Waals surface area (Å²) >= 11 is 0. The molecule has 0 atom stereocenters. The Morgan fingerprint density at radius 1 is 1.00 bits per heavy atom. The zero-order valence-electron chi connectivity index (χ0n) is 13.6. The van der Waals surface area contributed by atoms with Gasteiger partial charge in [-0.2, -0.15) is 0 Å². The van der Waals surface area contributed by atoms with Gasteiger partial charge in [0.05, 0.1) is 0 Å². The van der Waals surface area contributed by atoms with Crippen molar-refractivity contribution in [3.05, 3.63) is 76.9 Å². The molecule has 0 aliphatic heterocycles. The van der Waals surface area contributed by atoms with Gasteiger partial charge in [0.1, 0.15) is 0 Å². The number of rotatable bonds is 2. The molecule has 23 heavy (non-hydrogen) atoms. The van der Waals surface area contributed by atoms with Gasteiger partial charge in [0.25, 0.3) is 0 Å². The molecule has 0 amide bonds. The van der Waals surface area contributed by atoms with Crippen molar-refractivity contribution in [3.8, 4) is 11.8 Å². The lowest BCUT2D eigenvalue weighted by molar-refractivity contribution is -0.131. The fraction of sp³-hybridized carbons (Fsp3) is 0.190. The fourth-order valence-corrected chi connectivity index (χ4v) is 2.05. The minimum atomic E-state index is -0.951. The molecule has 2 aromatic rings. The van der Waals surface area contributed by atoms with E-state index >= 15 is 0 Å². The summed E-state index contributed by atoms with van der Waals surface area (Å²) in [5.74, 6) is 5.37. The highest BCUT2D eigenvalue weighted by Gasteiger charge is 2.12. The maximum atomic E-state index is 10.5. The van der Waals surface area contributed by atoms with E-state index in [0.717, 1.165) is 22.8 Å². The molecule has 0 unspecified atom stereocenters. The topological polar surface area (TPSA) is 37.3 Å². The van der Waals surface area contributed by atoms with Crippen LogP contribution in [0.3, 0.4) is 0 Å². The molecule has 0 radical (unpaired) electrons. The summed E-state index contributed by atoms with van der Waals surface area (Å²) in [6, 6.07) is 15.8. The molecule has 0 fully saturated rings. The van der Waals surface area contributed by atoms with Crippen LogP contribution in [0.4, 0.5) is 0 Å². The molecular weight excluding hydrogens is 284 g/mol. The third kappa shape index (κ3) is 5.16. The van der Waals surface area contributed by atoms with Crippen LogP contribution in [-0.2, 0) is 10.2 Å². The molecule has 0 heterocycles. The van der Waals surface area contributed by atoms with Crippen molar-refractivity contribution in [2.45, 2.75) is 26.2 Å².